The van der Waals surface area contributed by atoms with Crippen LogP contribution in [0.5, 0.6) is 5.06 Å². The monoisotopic (exact) mass is 146 g/mol. The van der Waals surface area contributed by atoms with Crippen molar-refractivity contribution in [3.05, 3.63) is 17.5 Å². The molecule has 1 aromatic rings. The van der Waals surface area contributed by atoms with Gasteiger partial charge in [-0.05, 0) is 24.2 Å². The molecule has 1 atom stereocenters. The summed E-state index contributed by atoms with van der Waals surface area (Å²) in [4.78, 5) is 0. The van der Waals surface area contributed by atoms with Gasteiger partial charge in [0.15, 0.2) is 5.06 Å². The Balaban J connectivity index is 2.50. The summed E-state index contributed by atoms with van der Waals surface area (Å²) in [6, 6.07) is 3.96. The fourth-order valence-corrected chi connectivity index (χ4v) is 1.58. The van der Waals surface area contributed by atoms with E-state index in [0.717, 1.165) is 5.06 Å². The van der Waals surface area contributed by atoms with E-state index in [2.05, 4.69) is 0 Å². The summed E-state index contributed by atoms with van der Waals surface area (Å²) in [5.41, 5.74) is 0. The number of hydrogen-bond acceptors (Lipinski definition) is 2. The van der Waals surface area contributed by atoms with Gasteiger partial charge in [-0.3, -0.25) is 0 Å². The third-order valence-corrected chi connectivity index (χ3v) is 2.01. The molecule has 0 aliphatic heterocycles. The zero-order chi connectivity index (χ0) is 5.82. The highest BCUT2D eigenvalue weighted by Crippen LogP contribution is 2.23. The second-order valence-electron chi connectivity index (χ2n) is 1.24. The molecule has 3 heteroatoms. The normalized spacial score (nSPS) is 10.6. The molecular weight excluding hydrogens is 139 g/mol. The van der Waals surface area contributed by atoms with Gasteiger partial charge in [0, 0.05) is 0 Å². The molecular formula is C5H7OPS. The first-order valence-corrected chi connectivity index (χ1v) is 4.59. The molecule has 1 unspecified atom stereocenters. The van der Waals surface area contributed by atoms with Gasteiger partial charge in [0.05, 0.1) is 8.81 Å². The lowest BCUT2D eigenvalue weighted by Crippen LogP contribution is -1.66. The number of rotatable bonds is 2. The molecule has 0 aliphatic carbocycles. The Morgan fingerprint density at radius 2 is 2.62 bits per heavy atom. The summed E-state index contributed by atoms with van der Waals surface area (Å²) in [5, 5.41) is 3.03. The first kappa shape index (κ1) is 6.06. The lowest BCUT2D eigenvalue weighted by atomic mass is 10.7. The largest absolute Gasteiger partial charge is 0.467 e. The Labute approximate surface area is 54.6 Å². The fourth-order valence-electron chi connectivity index (χ4n) is 0.422. The minimum atomic E-state index is 0.563. The van der Waals surface area contributed by atoms with Crippen LogP contribution in [0.3, 0.4) is 0 Å². The Morgan fingerprint density at radius 1 is 1.75 bits per heavy atom. The van der Waals surface area contributed by atoms with Gasteiger partial charge in [0.25, 0.3) is 0 Å². The van der Waals surface area contributed by atoms with Crippen molar-refractivity contribution in [2.75, 3.05) is 6.66 Å². The Hall–Kier alpha value is -0.0700. The highest BCUT2D eigenvalue weighted by atomic mass is 32.1. The van der Waals surface area contributed by atoms with Gasteiger partial charge in [-0.2, -0.15) is 0 Å². The molecule has 0 spiro atoms. The molecule has 1 nitrogen and oxygen atoms in total. The number of hydrogen-bond donors (Lipinski definition) is 0. The molecule has 0 fully saturated rings. The first-order chi connectivity index (χ1) is 3.93. The van der Waals surface area contributed by atoms with Crippen molar-refractivity contribution in [1.29, 1.82) is 0 Å². The van der Waals surface area contributed by atoms with Gasteiger partial charge < -0.3 is 4.52 Å². The SMILES string of the molecule is CPOc1cccs1. The Bertz CT molecular complexity index is 138. The van der Waals surface area contributed by atoms with Crippen LogP contribution in [0, 0.1) is 0 Å². The van der Waals surface area contributed by atoms with Crippen LogP contribution in [0.4, 0.5) is 0 Å². The fraction of sp³-hybridized carbons (Fsp3) is 0.200. The van der Waals surface area contributed by atoms with Gasteiger partial charge in [-0.25, -0.2) is 0 Å². The van der Waals surface area contributed by atoms with E-state index >= 15 is 0 Å². The van der Waals surface area contributed by atoms with Crippen LogP contribution >= 0.6 is 20.1 Å². The predicted octanol–water partition coefficient (Wildman–Crippen LogP) is 2.35. The summed E-state index contributed by atoms with van der Waals surface area (Å²) in [6.45, 7) is 2.01. The van der Waals surface area contributed by atoms with E-state index < -0.39 is 0 Å². The second-order valence-corrected chi connectivity index (χ2v) is 2.76. The van der Waals surface area contributed by atoms with Crippen LogP contribution in [0.1, 0.15) is 0 Å². The molecule has 44 valence electrons. The van der Waals surface area contributed by atoms with E-state index in [1.54, 1.807) is 11.3 Å². The molecule has 0 bridgehead atoms. The van der Waals surface area contributed by atoms with E-state index in [1.807, 2.05) is 24.2 Å². The van der Waals surface area contributed by atoms with E-state index in [-0.39, 0.29) is 0 Å². The highest BCUT2D eigenvalue weighted by molar-refractivity contribution is 7.32. The van der Waals surface area contributed by atoms with Crippen molar-refractivity contribution in [2.24, 2.45) is 0 Å². The summed E-state index contributed by atoms with van der Waals surface area (Å²) < 4.78 is 5.19. The smallest absolute Gasteiger partial charge is 0.176 e. The van der Waals surface area contributed by atoms with Crippen molar-refractivity contribution in [3.8, 4) is 5.06 Å². The summed E-state index contributed by atoms with van der Waals surface area (Å²) in [7, 11) is 0.563. The van der Waals surface area contributed by atoms with Crippen molar-refractivity contribution in [1.82, 2.24) is 0 Å². The molecule has 1 heterocycles. The zero-order valence-electron chi connectivity index (χ0n) is 4.55. The molecule has 1 aromatic heterocycles. The summed E-state index contributed by atoms with van der Waals surface area (Å²) >= 11 is 1.63. The van der Waals surface area contributed by atoms with Gasteiger partial charge in [-0.1, -0.05) is 0 Å². The molecule has 0 saturated heterocycles. The predicted molar refractivity (Wildman–Crippen MR) is 39.2 cm³/mol. The zero-order valence-corrected chi connectivity index (χ0v) is 6.37. The van der Waals surface area contributed by atoms with Gasteiger partial charge in [0.2, 0.25) is 0 Å². The van der Waals surface area contributed by atoms with Gasteiger partial charge in [-0.15, -0.1) is 11.3 Å². The molecule has 8 heavy (non-hydrogen) atoms. The first-order valence-electron chi connectivity index (χ1n) is 2.30. The summed E-state index contributed by atoms with van der Waals surface area (Å²) in [6.07, 6.45) is 0. The molecule has 0 radical (unpaired) electrons. The summed E-state index contributed by atoms with van der Waals surface area (Å²) in [5.74, 6) is 0. The van der Waals surface area contributed by atoms with Crippen LogP contribution in [0.2, 0.25) is 0 Å². The van der Waals surface area contributed by atoms with E-state index in [1.165, 1.54) is 0 Å². The second kappa shape index (κ2) is 3.06. The molecule has 0 N–H and O–H groups in total. The van der Waals surface area contributed by atoms with Gasteiger partial charge in [0.1, 0.15) is 0 Å². The van der Waals surface area contributed by atoms with Crippen molar-refractivity contribution >= 4 is 20.1 Å². The minimum Gasteiger partial charge on any atom is -0.467 e. The Morgan fingerprint density at radius 3 is 3.12 bits per heavy atom. The highest BCUT2D eigenvalue weighted by Gasteiger charge is 1.86. The van der Waals surface area contributed by atoms with E-state index in [0.29, 0.717) is 8.81 Å². The maximum Gasteiger partial charge on any atom is 0.176 e. The molecule has 0 aromatic carbocycles. The van der Waals surface area contributed by atoms with Crippen LogP contribution in [0.15, 0.2) is 17.5 Å². The van der Waals surface area contributed by atoms with E-state index in [4.69, 9.17) is 4.52 Å². The molecule has 0 aliphatic rings. The lowest BCUT2D eigenvalue weighted by molar-refractivity contribution is 0.655. The topological polar surface area (TPSA) is 9.23 Å². The van der Waals surface area contributed by atoms with Crippen LogP contribution in [0.25, 0.3) is 0 Å². The van der Waals surface area contributed by atoms with Crippen LogP contribution in [-0.2, 0) is 0 Å². The number of thiophene rings is 1. The average molecular weight is 146 g/mol. The van der Waals surface area contributed by atoms with E-state index in [9.17, 15) is 0 Å². The third-order valence-electron chi connectivity index (χ3n) is 0.698. The van der Waals surface area contributed by atoms with Crippen molar-refractivity contribution < 1.29 is 4.52 Å². The standard InChI is InChI=1S/C5H7OPS/c1-7-6-5-3-2-4-8-5/h2-4,7H,1H3. The quantitative estimate of drug-likeness (QED) is 0.582. The Kier molecular flexibility index (Phi) is 2.31. The third kappa shape index (κ3) is 1.46. The van der Waals surface area contributed by atoms with Crippen molar-refractivity contribution in [2.45, 2.75) is 0 Å². The average Bonchev–Trinajstić information content (AvgIpc) is 2.19. The van der Waals surface area contributed by atoms with Gasteiger partial charge >= 0.3 is 0 Å². The molecule has 0 saturated carbocycles. The van der Waals surface area contributed by atoms with Crippen LogP contribution < -0.4 is 4.52 Å². The molecule has 0 amide bonds. The maximum absolute atomic E-state index is 5.19. The maximum atomic E-state index is 5.19. The molecule has 1 rings (SSSR count). The lowest BCUT2D eigenvalue weighted by Gasteiger charge is -1.93. The van der Waals surface area contributed by atoms with Crippen molar-refractivity contribution in [3.63, 3.8) is 0 Å². The van der Waals surface area contributed by atoms with Crippen LogP contribution in [-0.4, -0.2) is 6.66 Å². The minimum absolute atomic E-state index is 0.563.